The Hall–Kier alpha value is -3.23. The Labute approximate surface area is 208 Å². The fraction of sp³-hybridized carbons (Fsp3) is 0.385. The van der Waals surface area contributed by atoms with E-state index in [1.807, 2.05) is 13.8 Å². The largest absolute Gasteiger partial charge is 0.493 e. The summed E-state index contributed by atoms with van der Waals surface area (Å²) in [4.78, 5) is 28.9. The molecule has 4 rings (SSSR count). The van der Waals surface area contributed by atoms with Crippen LogP contribution >= 0.6 is 11.6 Å². The molecular formula is C26H28ClNO7. The SMILES string of the molecule is COc1cc(C2c3c(oc4ccc(Cl)cc4c3=O)C(=O)N2CCCOC(C)C)cc(OC)c1OC. The molecule has 1 amide bonds. The molecule has 9 heteroatoms. The van der Waals surface area contributed by atoms with E-state index in [0.29, 0.717) is 58.4 Å². The highest BCUT2D eigenvalue weighted by Gasteiger charge is 2.43. The van der Waals surface area contributed by atoms with Crippen LogP contribution in [0.1, 0.15) is 48.0 Å². The number of hydrogen-bond acceptors (Lipinski definition) is 7. The molecule has 0 fully saturated rings. The Bertz CT molecular complexity index is 1290. The number of carbonyl (C=O) groups excluding carboxylic acids is 1. The minimum atomic E-state index is -0.718. The number of fused-ring (bicyclic) bond motifs is 2. The van der Waals surface area contributed by atoms with Crippen LogP contribution in [0.2, 0.25) is 5.02 Å². The van der Waals surface area contributed by atoms with Crippen LogP contribution in [-0.4, -0.2) is 51.4 Å². The van der Waals surface area contributed by atoms with Gasteiger partial charge in [0, 0.05) is 18.2 Å². The molecule has 0 aliphatic carbocycles. The Morgan fingerprint density at radius 1 is 1.03 bits per heavy atom. The first-order valence-corrected chi connectivity index (χ1v) is 11.7. The first kappa shape index (κ1) is 24.9. The zero-order valence-electron chi connectivity index (χ0n) is 20.3. The van der Waals surface area contributed by atoms with Gasteiger partial charge in [0.2, 0.25) is 11.5 Å². The fourth-order valence-electron chi connectivity index (χ4n) is 4.38. The summed E-state index contributed by atoms with van der Waals surface area (Å²) in [6.07, 6.45) is 0.656. The van der Waals surface area contributed by atoms with E-state index >= 15 is 0 Å². The summed E-state index contributed by atoms with van der Waals surface area (Å²) in [5.74, 6) is 0.904. The topological polar surface area (TPSA) is 87.4 Å². The molecule has 0 saturated heterocycles. The van der Waals surface area contributed by atoms with Crippen molar-refractivity contribution < 1.29 is 28.2 Å². The normalized spacial score (nSPS) is 15.1. The summed E-state index contributed by atoms with van der Waals surface area (Å²) in [7, 11) is 4.54. The lowest BCUT2D eigenvalue weighted by Crippen LogP contribution is -2.31. The monoisotopic (exact) mass is 501 g/mol. The van der Waals surface area contributed by atoms with Crippen molar-refractivity contribution >= 4 is 28.5 Å². The van der Waals surface area contributed by atoms with Gasteiger partial charge >= 0.3 is 0 Å². The summed E-state index contributed by atoms with van der Waals surface area (Å²) in [5.41, 5.74) is 0.880. The quantitative estimate of drug-likeness (QED) is 0.388. The highest BCUT2D eigenvalue weighted by molar-refractivity contribution is 6.31. The molecule has 0 radical (unpaired) electrons. The Balaban J connectivity index is 1.90. The molecule has 8 nitrogen and oxygen atoms in total. The zero-order valence-corrected chi connectivity index (χ0v) is 21.1. The maximum absolute atomic E-state index is 13.7. The van der Waals surface area contributed by atoms with Gasteiger partial charge in [-0.25, -0.2) is 0 Å². The first-order chi connectivity index (χ1) is 16.8. The molecule has 3 aromatic rings. The number of nitrogens with zero attached hydrogens (tertiary/aromatic N) is 1. The maximum atomic E-state index is 13.7. The number of hydrogen-bond donors (Lipinski definition) is 0. The minimum absolute atomic E-state index is 0.0216. The standard InChI is InChI=1S/C26H28ClNO7/c1-14(2)34-10-6-9-28-22(15-11-19(31-3)24(33-5)20(12-15)32-4)21-23(29)17-13-16(27)7-8-18(17)35-25(21)26(28)30/h7-8,11-14,22H,6,9-10H2,1-5H3. The number of benzene rings is 2. The third-order valence-corrected chi connectivity index (χ3v) is 6.16. The van der Waals surface area contributed by atoms with E-state index in [1.54, 1.807) is 35.2 Å². The van der Waals surface area contributed by atoms with Gasteiger partial charge in [-0.3, -0.25) is 9.59 Å². The number of methoxy groups -OCH3 is 3. The number of carbonyl (C=O) groups is 1. The van der Waals surface area contributed by atoms with Crippen LogP contribution in [-0.2, 0) is 4.74 Å². The van der Waals surface area contributed by atoms with Gasteiger partial charge in [0.15, 0.2) is 16.9 Å². The van der Waals surface area contributed by atoms with Crippen LogP contribution in [0.15, 0.2) is 39.5 Å². The molecule has 1 aromatic heterocycles. The third-order valence-electron chi connectivity index (χ3n) is 5.93. The average molecular weight is 502 g/mol. The molecule has 0 bridgehead atoms. The van der Waals surface area contributed by atoms with E-state index in [9.17, 15) is 9.59 Å². The zero-order chi connectivity index (χ0) is 25.3. The summed E-state index contributed by atoms with van der Waals surface area (Å²) in [6, 6.07) is 7.54. The second-order valence-corrected chi connectivity index (χ2v) is 8.88. The van der Waals surface area contributed by atoms with Gasteiger partial charge < -0.3 is 28.3 Å². The van der Waals surface area contributed by atoms with E-state index in [0.717, 1.165) is 0 Å². The van der Waals surface area contributed by atoms with Gasteiger partial charge in [0.1, 0.15) is 5.58 Å². The predicted octanol–water partition coefficient (Wildman–Crippen LogP) is 4.83. The molecule has 2 aromatic carbocycles. The Kier molecular flexibility index (Phi) is 7.23. The lowest BCUT2D eigenvalue weighted by Gasteiger charge is -2.26. The van der Waals surface area contributed by atoms with Crippen molar-refractivity contribution in [2.45, 2.75) is 32.4 Å². The van der Waals surface area contributed by atoms with Gasteiger partial charge in [0.25, 0.3) is 5.91 Å². The van der Waals surface area contributed by atoms with Crippen molar-refractivity contribution in [2.24, 2.45) is 0 Å². The molecule has 1 aliphatic rings. The van der Waals surface area contributed by atoms with Crippen LogP contribution in [0.25, 0.3) is 11.0 Å². The van der Waals surface area contributed by atoms with Crippen molar-refractivity contribution in [3.8, 4) is 17.2 Å². The van der Waals surface area contributed by atoms with Crippen LogP contribution in [0.4, 0.5) is 0 Å². The second kappa shape index (κ2) is 10.2. The van der Waals surface area contributed by atoms with Gasteiger partial charge in [-0.15, -0.1) is 0 Å². The smallest absolute Gasteiger partial charge is 0.290 e. The van der Waals surface area contributed by atoms with Crippen molar-refractivity contribution in [1.82, 2.24) is 4.90 Å². The van der Waals surface area contributed by atoms with Crippen LogP contribution in [0, 0.1) is 0 Å². The molecule has 186 valence electrons. The summed E-state index contributed by atoms with van der Waals surface area (Å²) in [6.45, 7) is 4.73. The maximum Gasteiger partial charge on any atom is 0.290 e. The van der Waals surface area contributed by atoms with Gasteiger partial charge in [-0.05, 0) is 56.2 Å². The fourth-order valence-corrected chi connectivity index (χ4v) is 4.56. The summed E-state index contributed by atoms with van der Waals surface area (Å²) in [5, 5.41) is 0.715. The Morgan fingerprint density at radius 3 is 2.31 bits per heavy atom. The molecule has 1 unspecified atom stereocenters. The van der Waals surface area contributed by atoms with Crippen molar-refractivity contribution in [2.75, 3.05) is 34.5 Å². The molecule has 0 spiro atoms. The molecular weight excluding hydrogens is 474 g/mol. The van der Waals surface area contributed by atoms with Crippen molar-refractivity contribution in [3.63, 3.8) is 0 Å². The second-order valence-electron chi connectivity index (χ2n) is 8.45. The van der Waals surface area contributed by atoms with E-state index in [4.69, 9.17) is 35.0 Å². The Morgan fingerprint density at radius 2 is 1.71 bits per heavy atom. The third kappa shape index (κ3) is 4.56. The molecule has 1 aliphatic heterocycles. The molecule has 2 heterocycles. The number of ether oxygens (including phenoxy) is 4. The van der Waals surface area contributed by atoms with Crippen LogP contribution in [0.3, 0.4) is 0 Å². The van der Waals surface area contributed by atoms with Crippen molar-refractivity contribution in [1.29, 1.82) is 0 Å². The number of rotatable bonds is 9. The summed E-state index contributed by atoms with van der Waals surface area (Å²) >= 11 is 6.16. The molecule has 0 N–H and O–H groups in total. The highest BCUT2D eigenvalue weighted by atomic mass is 35.5. The molecule has 0 saturated carbocycles. The molecule has 1 atom stereocenters. The van der Waals surface area contributed by atoms with Crippen LogP contribution < -0.4 is 19.6 Å². The van der Waals surface area contributed by atoms with E-state index < -0.39 is 6.04 Å². The van der Waals surface area contributed by atoms with E-state index in [1.165, 1.54) is 21.3 Å². The first-order valence-electron chi connectivity index (χ1n) is 11.3. The van der Waals surface area contributed by atoms with Crippen molar-refractivity contribution in [3.05, 3.63) is 62.5 Å². The number of amides is 1. The van der Waals surface area contributed by atoms with Crippen LogP contribution in [0.5, 0.6) is 17.2 Å². The average Bonchev–Trinajstić information content (AvgIpc) is 3.12. The highest BCUT2D eigenvalue weighted by Crippen LogP contribution is 2.45. The molecule has 35 heavy (non-hydrogen) atoms. The van der Waals surface area contributed by atoms with E-state index in [-0.39, 0.29) is 28.8 Å². The number of halogens is 1. The van der Waals surface area contributed by atoms with Gasteiger partial charge in [-0.1, -0.05) is 11.6 Å². The lowest BCUT2D eigenvalue weighted by atomic mass is 9.97. The van der Waals surface area contributed by atoms with E-state index in [2.05, 4.69) is 0 Å². The predicted molar refractivity (Wildman–Crippen MR) is 132 cm³/mol. The summed E-state index contributed by atoms with van der Waals surface area (Å²) < 4.78 is 28.1. The minimum Gasteiger partial charge on any atom is -0.493 e. The lowest BCUT2D eigenvalue weighted by molar-refractivity contribution is 0.0593. The van der Waals surface area contributed by atoms with Gasteiger partial charge in [0.05, 0.1) is 44.4 Å². The van der Waals surface area contributed by atoms with Gasteiger partial charge in [-0.2, -0.15) is 0 Å².